The molecule has 0 bridgehead atoms. The first-order valence-electron chi connectivity index (χ1n) is 9.38. The Morgan fingerprint density at radius 1 is 1.12 bits per heavy atom. The second-order valence-electron chi connectivity index (χ2n) is 7.10. The van der Waals surface area contributed by atoms with E-state index in [-0.39, 0.29) is 18.4 Å². The normalized spacial score (nSPS) is 18.6. The number of benzene rings is 2. The molecule has 0 aliphatic heterocycles. The first-order valence-corrected chi connectivity index (χ1v) is 9.38. The van der Waals surface area contributed by atoms with Crippen molar-refractivity contribution in [1.29, 1.82) is 0 Å². The summed E-state index contributed by atoms with van der Waals surface area (Å²) in [5, 5.41) is 22.8. The van der Waals surface area contributed by atoms with Crippen LogP contribution in [0.1, 0.15) is 54.4 Å². The van der Waals surface area contributed by atoms with E-state index >= 15 is 0 Å². The highest BCUT2D eigenvalue weighted by molar-refractivity contribution is 5.77. The minimum absolute atomic E-state index is 0.0639. The Kier molecular flexibility index (Phi) is 6.42. The van der Waals surface area contributed by atoms with E-state index in [1.54, 1.807) is 0 Å². The summed E-state index contributed by atoms with van der Waals surface area (Å²) < 4.78 is 0. The van der Waals surface area contributed by atoms with E-state index in [4.69, 9.17) is 0 Å². The molecule has 138 valence electrons. The number of carbonyl (C=O) groups is 1. The second kappa shape index (κ2) is 8.97. The predicted molar refractivity (Wildman–Crippen MR) is 102 cm³/mol. The molecule has 0 heterocycles. The molecule has 0 saturated heterocycles. The van der Waals surface area contributed by atoms with Gasteiger partial charge in [0.05, 0.1) is 18.8 Å². The first kappa shape index (κ1) is 18.6. The zero-order valence-electron chi connectivity index (χ0n) is 15.0. The Morgan fingerprint density at radius 2 is 1.85 bits per heavy atom. The molecule has 2 aromatic carbocycles. The molecule has 26 heavy (non-hydrogen) atoms. The summed E-state index contributed by atoms with van der Waals surface area (Å²) in [4.78, 5) is 12.5. The van der Waals surface area contributed by atoms with Gasteiger partial charge in [-0.15, -0.1) is 0 Å². The minimum atomic E-state index is -0.705. The van der Waals surface area contributed by atoms with E-state index < -0.39 is 12.1 Å². The van der Waals surface area contributed by atoms with Gasteiger partial charge >= 0.3 is 0 Å². The Balaban J connectivity index is 1.57. The van der Waals surface area contributed by atoms with Crippen molar-refractivity contribution in [2.75, 3.05) is 6.61 Å². The van der Waals surface area contributed by atoms with Gasteiger partial charge in [-0.3, -0.25) is 4.79 Å². The highest BCUT2D eigenvalue weighted by atomic mass is 16.3. The number of aliphatic hydroxyl groups is 2. The number of fused-ring (bicyclic) bond motifs is 1. The molecular formula is C22H27NO3. The molecule has 0 saturated carbocycles. The van der Waals surface area contributed by atoms with Crippen molar-refractivity contribution < 1.29 is 15.0 Å². The molecule has 1 amide bonds. The number of hydrogen-bond acceptors (Lipinski definition) is 3. The summed E-state index contributed by atoms with van der Waals surface area (Å²) in [6.07, 6.45) is 3.22. The monoisotopic (exact) mass is 353 g/mol. The van der Waals surface area contributed by atoms with Gasteiger partial charge in [-0.05, 0) is 48.3 Å². The van der Waals surface area contributed by atoms with Crippen LogP contribution in [0.15, 0.2) is 54.6 Å². The third-order valence-corrected chi connectivity index (χ3v) is 5.20. The average Bonchev–Trinajstić information content (AvgIpc) is 2.68. The zero-order chi connectivity index (χ0) is 18.4. The number of aryl methyl sites for hydroxylation is 1. The summed E-state index contributed by atoms with van der Waals surface area (Å²) in [5.41, 5.74) is 3.41. The van der Waals surface area contributed by atoms with E-state index in [9.17, 15) is 15.0 Å². The standard InChI is InChI=1S/C22H27NO3/c24-15-19(14-21(25)17-8-2-1-3-9-17)23-22(26)13-18-11-6-10-16-7-4-5-12-20(16)18/h1-5,7-9,12,18-19,21,24-25H,6,10-11,13-15H2,(H,23,26)/t18-,19-,21+/m0/s1. The van der Waals surface area contributed by atoms with Crippen molar-refractivity contribution in [1.82, 2.24) is 5.32 Å². The van der Waals surface area contributed by atoms with Gasteiger partial charge in [-0.25, -0.2) is 0 Å². The van der Waals surface area contributed by atoms with Gasteiger partial charge in [0, 0.05) is 6.42 Å². The fourth-order valence-electron chi connectivity index (χ4n) is 3.84. The largest absolute Gasteiger partial charge is 0.394 e. The lowest BCUT2D eigenvalue weighted by Gasteiger charge is -2.26. The van der Waals surface area contributed by atoms with Gasteiger partial charge < -0.3 is 15.5 Å². The first-order chi connectivity index (χ1) is 12.7. The molecular weight excluding hydrogens is 326 g/mol. The highest BCUT2D eigenvalue weighted by Gasteiger charge is 2.24. The molecule has 4 nitrogen and oxygen atoms in total. The maximum atomic E-state index is 12.5. The molecule has 3 atom stereocenters. The SMILES string of the molecule is O=C(C[C@@H]1CCCc2ccccc21)N[C@H](CO)C[C@@H](O)c1ccccc1. The van der Waals surface area contributed by atoms with Crippen molar-refractivity contribution in [3.05, 3.63) is 71.3 Å². The molecule has 0 unspecified atom stereocenters. The van der Waals surface area contributed by atoms with Crippen LogP contribution >= 0.6 is 0 Å². The van der Waals surface area contributed by atoms with Gasteiger partial charge in [0.1, 0.15) is 0 Å². The average molecular weight is 353 g/mol. The lowest BCUT2D eigenvalue weighted by molar-refractivity contribution is -0.122. The lowest BCUT2D eigenvalue weighted by atomic mass is 9.81. The predicted octanol–water partition coefficient (Wildman–Crippen LogP) is 3.10. The Morgan fingerprint density at radius 3 is 2.62 bits per heavy atom. The lowest BCUT2D eigenvalue weighted by Crippen LogP contribution is -2.39. The van der Waals surface area contributed by atoms with Gasteiger partial charge in [0.2, 0.25) is 5.91 Å². The van der Waals surface area contributed by atoms with Crippen LogP contribution in [0.4, 0.5) is 0 Å². The summed E-state index contributed by atoms with van der Waals surface area (Å²) in [7, 11) is 0. The van der Waals surface area contributed by atoms with Crippen LogP contribution in [0, 0.1) is 0 Å². The maximum absolute atomic E-state index is 12.5. The number of amides is 1. The van der Waals surface area contributed by atoms with Crippen molar-refractivity contribution in [2.24, 2.45) is 0 Å². The molecule has 1 aliphatic carbocycles. The number of aliphatic hydroxyl groups excluding tert-OH is 2. The van der Waals surface area contributed by atoms with Gasteiger partial charge in [0.15, 0.2) is 0 Å². The van der Waals surface area contributed by atoms with Crippen molar-refractivity contribution in [3.8, 4) is 0 Å². The number of nitrogens with one attached hydrogen (secondary N) is 1. The smallest absolute Gasteiger partial charge is 0.220 e. The van der Waals surface area contributed by atoms with Crippen molar-refractivity contribution in [2.45, 2.75) is 50.2 Å². The minimum Gasteiger partial charge on any atom is -0.394 e. The van der Waals surface area contributed by atoms with Crippen LogP contribution in [0.3, 0.4) is 0 Å². The topological polar surface area (TPSA) is 69.6 Å². The number of rotatable bonds is 7. The third-order valence-electron chi connectivity index (χ3n) is 5.20. The summed E-state index contributed by atoms with van der Waals surface area (Å²) in [6.45, 7) is -0.184. The Labute approximate surface area is 154 Å². The number of carbonyl (C=O) groups excluding carboxylic acids is 1. The van der Waals surface area contributed by atoms with Crippen molar-refractivity contribution in [3.63, 3.8) is 0 Å². The van der Waals surface area contributed by atoms with Crippen molar-refractivity contribution >= 4 is 5.91 Å². The summed E-state index contributed by atoms with van der Waals surface area (Å²) in [6, 6.07) is 17.2. The van der Waals surface area contributed by atoms with Crippen LogP contribution in [0.2, 0.25) is 0 Å². The fraction of sp³-hybridized carbons (Fsp3) is 0.409. The van der Waals surface area contributed by atoms with Gasteiger partial charge in [-0.1, -0.05) is 54.6 Å². The number of hydrogen-bond donors (Lipinski definition) is 3. The Bertz CT molecular complexity index is 716. The third kappa shape index (κ3) is 4.71. The molecule has 0 fully saturated rings. The van der Waals surface area contributed by atoms with Crippen LogP contribution in [0.5, 0.6) is 0 Å². The van der Waals surface area contributed by atoms with Crippen LogP contribution in [0.25, 0.3) is 0 Å². The van der Waals surface area contributed by atoms with Crippen LogP contribution in [-0.2, 0) is 11.2 Å². The van der Waals surface area contributed by atoms with Gasteiger partial charge in [0.25, 0.3) is 0 Å². The molecule has 0 radical (unpaired) electrons. The molecule has 3 N–H and O–H groups in total. The molecule has 0 aromatic heterocycles. The Hall–Kier alpha value is -2.17. The van der Waals surface area contributed by atoms with E-state index in [1.165, 1.54) is 11.1 Å². The van der Waals surface area contributed by atoms with Crippen LogP contribution < -0.4 is 5.32 Å². The van der Waals surface area contributed by atoms with E-state index in [0.29, 0.717) is 12.8 Å². The maximum Gasteiger partial charge on any atom is 0.220 e. The summed E-state index contributed by atoms with van der Waals surface area (Å²) >= 11 is 0. The molecule has 3 rings (SSSR count). The molecule has 2 aromatic rings. The van der Waals surface area contributed by atoms with E-state index in [0.717, 1.165) is 24.8 Å². The summed E-state index contributed by atoms with van der Waals surface area (Å²) in [5.74, 6) is 0.171. The fourth-order valence-corrected chi connectivity index (χ4v) is 3.84. The zero-order valence-corrected chi connectivity index (χ0v) is 15.0. The molecule has 4 heteroatoms. The quantitative estimate of drug-likeness (QED) is 0.716. The molecule has 1 aliphatic rings. The second-order valence-corrected chi connectivity index (χ2v) is 7.10. The van der Waals surface area contributed by atoms with E-state index in [1.807, 2.05) is 42.5 Å². The van der Waals surface area contributed by atoms with Crippen LogP contribution in [-0.4, -0.2) is 28.8 Å². The van der Waals surface area contributed by atoms with E-state index in [2.05, 4.69) is 17.4 Å². The highest BCUT2D eigenvalue weighted by Crippen LogP contribution is 2.33. The van der Waals surface area contributed by atoms with Gasteiger partial charge in [-0.2, -0.15) is 0 Å². The molecule has 0 spiro atoms.